The fraction of sp³-hybridized carbons (Fsp3) is 0.371. The van der Waals surface area contributed by atoms with E-state index in [0.29, 0.717) is 11.3 Å². The minimum atomic E-state index is -2.34. The number of amides is 1. The maximum Gasteiger partial charge on any atom is 0.407 e. The number of aliphatic hydroxyl groups is 3. The number of nitrogens with one attached hydrogen (secondary N) is 1. The summed E-state index contributed by atoms with van der Waals surface area (Å²) in [7, 11) is 1.31. The Kier molecular flexibility index (Phi) is 9.28. The van der Waals surface area contributed by atoms with E-state index in [0.717, 1.165) is 0 Å². The first kappa shape index (κ1) is 34.8. The first-order valence-electron chi connectivity index (χ1n) is 15.8. The Labute approximate surface area is 285 Å². The van der Waals surface area contributed by atoms with Gasteiger partial charge in [0.15, 0.2) is 17.9 Å². The van der Waals surface area contributed by atoms with Gasteiger partial charge in [-0.2, -0.15) is 0 Å². The predicted molar refractivity (Wildman–Crippen MR) is 172 cm³/mol. The average molecular weight is 693 g/mol. The number of rotatable bonds is 8. The Balaban J connectivity index is 1.33. The first-order valence-corrected chi connectivity index (χ1v) is 15.8. The molecule has 0 bridgehead atoms. The van der Waals surface area contributed by atoms with E-state index in [-0.39, 0.29) is 41.0 Å². The van der Waals surface area contributed by atoms with Gasteiger partial charge in [0.2, 0.25) is 5.78 Å². The van der Waals surface area contributed by atoms with Crippen LogP contribution < -0.4 is 15.8 Å². The van der Waals surface area contributed by atoms with Gasteiger partial charge in [-0.3, -0.25) is 14.4 Å². The summed E-state index contributed by atoms with van der Waals surface area (Å²) in [6.07, 6.45) is -7.09. The number of carbonyl (C=O) groups is 4. The van der Waals surface area contributed by atoms with E-state index in [1.807, 2.05) is 0 Å². The minimum Gasteiger partial charge on any atom is -0.507 e. The van der Waals surface area contributed by atoms with Crippen LogP contribution in [0.2, 0.25) is 0 Å². The van der Waals surface area contributed by atoms with Crippen LogP contribution in [-0.2, 0) is 32.0 Å². The molecule has 15 heteroatoms. The maximum absolute atomic E-state index is 13.9. The van der Waals surface area contributed by atoms with Crippen molar-refractivity contribution in [2.24, 2.45) is 0 Å². The van der Waals surface area contributed by atoms with E-state index in [2.05, 4.69) is 5.32 Å². The van der Waals surface area contributed by atoms with E-state index >= 15 is 0 Å². The van der Waals surface area contributed by atoms with Crippen molar-refractivity contribution < 1.29 is 63.7 Å². The highest BCUT2D eigenvalue weighted by atomic mass is 16.7. The lowest BCUT2D eigenvalue weighted by Gasteiger charge is -2.42. The SMILES string of the molecule is COc1cccc2c1C(=O)c1c(O)c3c(c(O)c1C2=O)C[C@@](O)(C(=O)CO)C[C@@H]3O[C@H]1CC(NC(=O)OCc2ccc(N)cc2)[C@H](O)[C@H](C)O1. The lowest BCUT2D eigenvalue weighted by atomic mass is 9.72. The molecule has 1 fully saturated rings. The van der Waals surface area contributed by atoms with Gasteiger partial charge in [-0.25, -0.2) is 4.79 Å². The summed E-state index contributed by atoms with van der Waals surface area (Å²) in [5.41, 5.74) is 2.86. The number of fused-ring (bicyclic) bond motifs is 3. The van der Waals surface area contributed by atoms with Gasteiger partial charge in [-0.05, 0) is 30.7 Å². The number of hydrogen-bond donors (Lipinski definition) is 7. The Morgan fingerprint density at radius 1 is 1.04 bits per heavy atom. The standard InChI is InChI=1S/C35H36N2O13/c1-15-29(40)20(37-34(45)48-14-16-6-8-17(36)9-7-16)10-24(49-15)50-22-12-35(46,23(39)13-38)11-19-26(22)33(44)28-27(31(19)42)30(41)18-4-3-5-21(47-2)25(18)32(28)43/h3-9,15,20,22,24,29,38,40,42,44,46H,10-14,36H2,1-2H3,(H,37,45)/t15-,20?,22-,24-,29+,35-/m0/s1. The van der Waals surface area contributed by atoms with Gasteiger partial charge in [0.25, 0.3) is 0 Å². The second kappa shape index (κ2) is 13.3. The molecule has 6 atom stereocenters. The van der Waals surface area contributed by atoms with Crippen molar-refractivity contribution >= 4 is 29.1 Å². The number of phenols is 2. The summed E-state index contributed by atoms with van der Waals surface area (Å²) in [5.74, 6) is -4.07. The lowest BCUT2D eigenvalue weighted by Crippen LogP contribution is -2.56. The normalized spacial score (nSPS) is 25.6. The molecule has 3 aromatic rings. The molecule has 3 aromatic carbocycles. The molecule has 8 N–H and O–H groups in total. The predicted octanol–water partition coefficient (Wildman–Crippen LogP) is 1.55. The summed E-state index contributed by atoms with van der Waals surface area (Å²) < 4.78 is 22.6. The molecule has 3 aliphatic rings. The molecule has 1 saturated heterocycles. The molecule has 0 saturated carbocycles. The van der Waals surface area contributed by atoms with E-state index in [1.165, 1.54) is 32.2 Å². The molecule has 1 unspecified atom stereocenters. The smallest absolute Gasteiger partial charge is 0.407 e. The Morgan fingerprint density at radius 3 is 2.42 bits per heavy atom. The number of alkyl carbamates (subject to hydrolysis) is 1. The number of ether oxygens (including phenoxy) is 4. The summed E-state index contributed by atoms with van der Waals surface area (Å²) in [6, 6.07) is 10.0. The second-order valence-corrected chi connectivity index (χ2v) is 12.6. The van der Waals surface area contributed by atoms with Crippen LogP contribution in [0.15, 0.2) is 42.5 Å². The van der Waals surface area contributed by atoms with Gasteiger partial charge < -0.3 is 55.5 Å². The number of nitrogen functional groups attached to an aromatic ring is 1. The Hall–Kier alpha value is -5.06. The molecule has 264 valence electrons. The molecule has 1 amide bonds. The molecule has 0 aromatic heterocycles. The fourth-order valence-corrected chi connectivity index (χ4v) is 6.81. The van der Waals surface area contributed by atoms with Crippen molar-refractivity contribution in [1.29, 1.82) is 0 Å². The van der Waals surface area contributed by atoms with Crippen molar-refractivity contribution in [3.05, 3.63) is 81.4 Å². The monoisotopic (exact) mass is 692 g/mol. The molecule has 0 spiro atoms. The van der Waals surface area contributed by atoms with Crippen LogP contribution in [0.5, 0.6) is 17.2 Å². The van der Waals surface area contributed by atoms with Crippen LogP contribution in [0.25, 0.3) is 0 Å². The van der Waals surface area contributed by atoms with Crippen LogP contribution in [-0.4, -0.2) is 92.8 Å². The van der Waals surface area contributed by atoms with Crippen molar-refractivity contribution in [2.75, 3.05) is 19.5 Å². The zero-order chi connectivity index (χ0) is 36.1. The van der Waals surface area contributed by atoms with Crippen LogP contribution in [0.3, 0.4) is 0 Å². The highest BCUT2D eigenvalue weighted by Gasteiger charge is 2.50. The third-order valence-electron chi connectivity index (χ3n) is 9.41. The minimum absolute atomic E-state index is 0.0625. The number of aromatic hydroxyl groups is 2. The molecule has 0 radical (unpaired) electrons. The average Bonchev–Trinajstić information content (AvgIpc) is 3.09. The van der Waals surface area contributed by atoms with E-state index in [9.17, 15) is 44.7 Å². The number of aliphatic hydroxyl groups excluding tert-OH is 2. The molecule has 1 aliphatic heterocycles. The summed E-state index contributed by atoms with van der Waals surface area (Å²) in [6.45, 7) is 0.361. The number of nitrogens with two attached hydrogens (primary N) is 1. The number of phenolic OH excluding ortho intramolecular Hbond substituents is 2. The molecule has 6 rings (SSSR count). The van der Waals surface area contributed by atoms with Crippen molar-refractivity contribution in [1.82, 2.24) is 5.32 Å². The summed E-state index contributed by atoms with van der Waals surface area (Å²) in [5, 5.41) is 57.8. The van der Waals surface area contributed by atoms with Gasteiger partial charge in [0.05, 0.1) is 42.0 Å². The number of benzene rings is 3. The van der Waals surface area contributed by atoms with Crippen LogP contribution in [0, 0.1) is 0 Å². The van der Waals surface area contributed by atoms with Gasteiger partial charge in [-0.15, -0.1) is 0 Å². The zero-order valence-corrected chi connectivity index (χ0v) is 27.0. The number of carbonyl (C=O) groups excluding carboxylic acids is 4. The zero-order valence-electron chi connectivity index (χ0n) is 27.0. The van der Waals surface area contributed by atoms with Crippen molar-refractivity contribution in [3.63, 3.8) is 0 Å². The van der Waals surface area contributed by atoms with Gasteiger partial charge in [0, 0.05) is 41.6 Å². The first-order chi connectivity index (χ1) is 23.8. The maximum atomic E-state index is 13.9. The highest BCUT2D eigenvalue weighted by molar-refractivity contribution is 6.31. The number of Topliss-reactive ketones (excluding diaryl/α,β-unsaturated/α-hetero) is 1. The van der Waals surface area contributed by atoms with E-state index in [4.69, 9.17) is 24.7 Å². The lowest BCUT2D eigenvalue weighted by molar-refractivity contribution is -0.249. The molecular formula is C35H36N2O13. The molecule has 1 heterocycles. The van der Waals surface area contributed by atoms with Gasteiger partial charge in [-0.1, -0.05) is 24.3 Å². The number of anilines is 1. The highest BCUT2D eigenvalue weighted by Crippen LogP contribution is 2.52. The second-order valence-electron chi connectivity index (χ2n) is 12.6. The summed E-state index contributed by atoms with van der Waals surface area (Å²) in [4.78, 5) is 53.1. The van der Waals surface area contributed by atoms with Gasteiger partial charge in [0.1, 0.15) is 42.2 Å². The van der Waals surface area contributed by atoms with Crippen LogP contribution in [0.4, 0.5) is 10.5 Å². The quantitative estimate of drug-likeness (QED) is 0.102. The third kappa shape index (κ3) is 6.03. The Bertz CT molecular complexity index is 1880. The Morgan fingerprint density at radius 2 is 1.74 bits per heavy atom. The number of methoxy groups -OCH3 is 1. The number of hydrogen-bond acceptors (Lipinski definition) is 14. The van der Waals surface area contributed by atoms with Crippen LogP contribution >= 0.6 is 0 Å². The topological polar surface area (TPSA) is 244 Å². The van der Waals surface area contributed by atoms with Crippen LogP contribution in [0.1, 0.15) is 74.4 Å². The molecular weight excluding hydrogens is 656 g/mol. The van der Waals surface area contributed by atoms with Crippen molar-refractivity contribution in [3.8, 4) is 17.2 Å². The van der Waals surface area contributed by atoms with E-state index < -0.39 is 102 Å². The largest absolute Gasteiger partial charge is 0.507 e. The van der Waals surface area contributed by atoms with E-state index in [1.54, 1.807) is 24.3 Å². The number of ketones is 3. The molecule has 15 nitrogen and oxygen atoms in total. The summed E-state index contributed by atoms with van der Waals surface area (Å²) >= 11 is 0. The molecule has 2 aliphatic carbocycles. The van der Waals surface area contributed by atoms with Gasteiger partial charge >= 0.3 is 6.09 Å². The third-order valence-corrected chi connectivity index (χ3v) is 9.41. The molecule has 50 heavy (non-hydrogen) atoms. The van der Waals surface area contributed by atoms with Crippen molar-refractivity contribution in [2.45, 2.75) is 69.0 Å². The fourth-order valence-electron chi connectivity index (χ4n) is 6.81.